The van der Waals surface area contributed by atoms with Gasteiger partial charge in [0.05, 0.1) is 5.41 Å². The maximum absolute atomic E-state index is 12.8. The number of carbonyl (C=O) groups excluding carboxylic acids is 1. The van der Waals surface area contributed by atoms with E-state index in [1.165, 1.54) is 26.0 Å². The average molecular weight is 281 g/mol. The first-order valence-corrected chi connectivity index (χ1v) is 6.48. The number of carboxylic acids is 1. The van der Waals surface area contributed by atoms with E-state index in [2.05, 4.69) is 5.32 Å². The van der Waals surface area contributed by atoms with Gasteiger partial charge in [0.15, 0.2) is 0 Å². The van der Waals surface area contributed by atoms with Gasteiger partial charge in [-0.05, 0) is 44.9 Å². The molecule has 20 heavy (non-hydrogen) atoms. The molecule has 1 aromatic rings. The molecule has 0 radical (unpaired) electrons. The third-order valence-corrected chi connectivity index (χ3v) is 3.04. The Morgan fingerprint density at radius 2 is 1.85 bits per heavy atom. The van der Waals surface area contributed by atoms with Crippen molar-refractivity contribution in [2.24, 2.45) is 5.41 Å². The van der Waals surface area contributed by atoms with E-state index in [0.29, 0.717) is 6.42 Å². The number of halogens is 1. The lowest BCUT2D eigenvalue weighted by Gasteiger charge is -2.20. The molecule has 0 aliphatic rings. The monoisotopic (exact) mass is 281 g/mol. The lowest BCUT2D eigenvalue weighted by molar-refractivity contribution is -0.149. The number of aliphatic carboxylic acids is 1. The van der Waals surface area contributed by atoms with E-state index in [-0.39, 0.29) is 24.2 Å². The second kappa shape index (κ2) is 6.50. The molecule has 1 unspecified atom stereocenters. The zero-order valence-electron chi connectivity index (χ0n) is 11.9. The van der Waals surface area contributed by atoms with Crippen LogP contribution >= 0.6 is 0 Å². The summed E-state index contributed by atoms with van der Waals surface area (Å²) in [7, 11) is 0. The van der Waals surface area contributed by atoms with Crippen LogP contribution < -0.4 is 5.32 Å². The van der Waals surface area contributed by atoms with Crippen molar-refractivity contribution in [1.29, 1.82) is 0 Å². The van der Waals surface area contributed by atoms with Gasteiger partial charge in [-0.1, -0.05) is 12.1 Å². The Morgan fingerprint density at radius 1 is 1.30 bits per heavy atom. The first-order chi connectivity index (χ1) is 9.20. The zero-order valence-corrected chi connectivity index (χ0v) is 11.9. The van der Waals surface area contributed by atoms with Gasteiger partial charge in [-0.25, -0.2) is 4.39 Å². The van der Waals surface area contributed by atoms with Crippen LogP contribution in [0.4, 0.5) is 4.39 Å². The van der Waals surface area contributed by atoms with Crippen molar-refractivity contribution >= 4 is 11.9 Å². The van der Waals surface area contributed by atoms with Crippen LogP contribution in [0.5, 0.6) is 0 Å². The number of nitrogens with one attached hydrogen (secondary N) is 1. The summed E-state index contributed by atoms with van der Waals surface area (Å²) in [5.74, 6) is -1.60. The maximum Gasteiger partial charge on any atom is 0.309 e. The predicted octanol–water partition coefficient (Wildman–Crippen LogP) is 2.37. The van der Waals surface area contributed by atoms with Gasteiger partial charge >= 0.3 is 5.97 Å². The minimum Gasteiger partial charge on any atom is -0.481 e. The summed E-state index contributed by atoms with van der Waals surface area (Å²) in [6, 6.07) is 5.94. The highest BCUT2D eigenvalue weighted by Crippen LogP contribution is 2.20. The van der Waals surface area contributed by atoms with Gasteiger partial charge in [0.2, 0.25) is 5.91 Å². The molecule has 0 spiro atoms. The summed E-state index contributed by atoms with van der Waals surface area (Å²) < 4.78 is 12.8. The molecule has 110 valence electrons. The SMILES string of the molecule is CC(Cc1ccc(F)cc1)NC(=O)CC(C)(C)C(=O)O. The van der Waals surface area contributed by atoms with Crippen molar-refractivity contribution in [3.8, 4) is 0 Å². The van der Waals surface area contributed by atoms with Gasteiger partial charge in [0.1, 0.15) is 5.82 Å². The molecular weight excluding hydrogens is 261 g/mol. The zero-order chi connectivity index (χ0) is 15.3. The number of amides is 1. The van der Waals surface area contributed by atoms with Crippen LogP contribution in [0.25, 0.3) is 0 Å². The molecule has 0 aliphatic carbocycles. The third kappa shape index (κ3) is 4.99. The number of hydrogen-bond acceptors (Lipinski definition) is 2. The molecule has 1 rings (SSSR count). The summed E-state index contributed by atoms with van der Waals surface area (Å²) in [4.78, 5) is 22.7. The van der Waals surface area contributed by atoms with E-state index in [9.17, 15) is 14.0 Å². The standard InChI is InChI=1S/C15H20FNO3/c1-10(8-11-4-6-12(16)7-5-11)17-13(18)9-15(2,3)14(19)20/h4-7,10H,8-9H2,1-3H3,(H,17,18)(H,19,20). The first kappa shape index (κ1) is 16.1. The number of benzene rings is 1. The molecule has 2 N–H and O–H groups in total. The minimum absolute atomic E-state index is 0.0733. The fraction of sp³-hybridized carbons (Fsp3) is 0.467. The topological polar surface area (TPSA) is 66.4 Å². The van der Waals surface area contributed by atoms with E-state index >= 15 is 0 Å². The summed E-state index contributed by atoms with van der Waals surface area (Å²) in [5, 5.41) is 11.7. The van der Waals surface area contributed by atoms with E-state index in [0.717, 1.165) is 5.56 Å². The molecule has 0 saturated carbocycles. The molecule has 1 atom stereocenters. The Morgan fingerprint density at radius 3 is 2.35 bits per heavy atom. The largest absolute Gasteiger partial charge is 0.481 e. The molecule has 0 aromatic heterocycles. The fourth-order valence-electron chi connectivity index (χ4n) is 1.83. The van der Waals surface area contributed by atoms with E-state index in [4.69, 9.17) is 5.11 Å². The Labute approximate surface area is 118 Å². The molecule has 0 saturated heterocycles. The summed E-state index contributed by atoms with van der Waals surface area (Å²) in [6.07, 6.45) is 0.496. The maximum atomic E-state index is 12.8. The summed E-state index contributed by atoms with van der Waals surface area (Å²) in [6.45, 7) is 4.86. The van der Waals surface area contributed by atoms with Gasteiger partial charge in [-0.15, -0.1) is 0 Å². The fourth-order valence-corrected chi connectivity index (χ4v) is 1.83. The molecule has 5 heteroatoms. The van der Waals surface area contributed by atoms with E-state index < -0.39 is 11.4 Å². The van der Waals surface area contributed by atoms with Crippen molar-refractivity contribution in [2.75, 3.05) is 0 Å². The van der Waals surface area contributed by atoms with Gasteiger partial charge in [0, 0.05) is 12.5 Å². The molecule has 0 aliphatic heterocycles. The van der Waals surface area contributed by atoms with Crippen LogP contribution in [0.15, 0.2) is 24.3 Å². The van der Waals surface area contributed by atoms with E-state index in [1.807, 2.05) is 6.92 Å². The van der Waals surface area contributed by atoms with Crippen molar-refractivity contribution in [3.05, 3.63) is 35.6 Å². The second-order valence-corrected chi connectivity index (χ2v) is 5.66. The van der Waals surface area contributed by atoms with Gasteiger partial charge < -0.3 is 10.4 Å². The Kier molecular flexibility index (Phi) is 5.25. The van der Waals surface area contributed by atoms with Gasteiger partial charge in [-0.2, -0.15) is 0 Å². The van der Waals surface area contributed by atoms with E-state index in [1.54, 1.807) is 12.1 Å². The van der Waals surface area contributed by atoms with Crippen LogP contribution in [0.2, 0.25) is 0 Å². The highest BCUT2D eigenvalue weighted by atomic mass is 19.1. The summed E-state index contributed by atoms with van der Waals surface area (Å²) >= 11 is 0. The second-order valence-electron chi connectivity index (χ2n) is 5.66. The predicted molar refractivity (Wildman–Crippen MR) is 73.7 cm³/mol. The van der Waals surface area contributed by atoms with Crippen LogP contribution in [0, 0.1) is 11.2 Å². The smallest absolute Gasteiger partial charge is 0.309 e. The van der Waals surface area contributed by atoms with Crippen molar-refractivity contribution < 1.29 is 19.1 Å². The molecule has 0 bridgehead atoms. The van der Waals surface area contributed by atoms with Crippen LogP contribution in [-0.4, -0.2) is 23.0 Å². The average Bonchev–Trinajstić information content (AvgIpc) is 2.30. The third-order valence-electron chi connectivity index (χ3n) is 3.04. The van der Waals surface area contributed by atoms with Crippen LogP contribution in [-0.2, 0) is 16.0 Å². The Balaban J connectivity index is 2.50. The van der Waals surface area contributed by atoms with Crippen LogP contribution in [0.3, 0.4) is 0 Å². The highest BCUT2D eigenvalue weighted by Gasteiger charge is 2.30. The number of hydrogen-bond donors (Lipinski definition) is 2. The Bertz CT molecular complexity index is 482. The number of carbonyl (C=O) groups is 2. The molecule has 1 aromatic carbocycles. The van der Waals surface area contributed by atoms with Gasteiger partial charge in [-0.3, -0.25) is 9.59 Å². The molecular formula is C15H20FNO3. The van der Waals surface area contributed by atoms with Crippen LogP contribution in [0.1, 0.15) is 32.8 Å². The lowest BCUT2D eigenvalue weighted by Crippen LogP contribution is -2.38. The van der Waals surface area contributed by atoms with Gasteiger partial charge in [0.25, 0.3) is 0 Å². The normalized spacial score (nSPS) is 12.8. The molecule has 4 nitrogen and oxygen atoms in total. The molecule has 1 amide bonds. The van der Waals surface area contributed by atoms with Crippen molar-refractivity contribution in [3.63, 3.8) is 0 Å². The molecule has 0 fully saturated rings. The number of rotatable bonds is 6. The molecule has 0 heterocycles. The highest BCUT2D eigenvalue weighted by molar-refractivity contribution is 5.84. The Hall–Kier alpha value is -1.91. The van der Waals surface area contributed by atoms with Crippen molar-refractivity contribution in [1.82, 2.24) is 5.32 Å². The summed E-state index contributed by atoms with van der Waals surface area (Å²) in [5.41, 5.74) is -0.170. The van der Waals surface area contributed by atoms with Crippen molar-refractivity contribution in [2.45, 2.75) is 39.7 Å². The first-order valence-electron chi connectivity index (χ1n) is 6.48. The minimum atomic E-state index is -1.08. The number of carboxylic acid groups (broad SMARTS) is 1. The quantitative estimate of drug-likeness (QED) is 0.841. The lowest BCUT2D eigenvalue weighted by atomic mass is 9.89.